The van der Waals surface area contributed by atoms with Gasteiger partial charge in [0.2, 0.25) is 5.95 Å². The Morgan fingerprint density at radius 2 is 2.24 bits per heavy atom. The highest BCUT2D eigenvalue weighted by Crippen LogP contribution is 2.38. The van der Waals surface area contributed by atoms with Gasteiger partial charge in [0, 0.05) is 13.1 Å². The molecule has 0 aromatic carbocycles. The van der Waals surface area contributed by atoms with Crippen LogP contribution in [0.25, 0.3) is 11.0 Å². The molecule has 1 saturated carbocycles. The molecule has 2 aromatic heterocycles. The van der Waals surface area contributed by atoms with Crippen LogP contribution in [0.3, 0.4) is 0 Å². The Kier molecular flexibility index (Phi) is 3.92. The smallest absolute Gasteiger partial charge is 0.222 e. The first-order chi connectivity index (χ1) is 10.2. The van der Waals surface area contributed by atoms with Gasteiger partial charge in [-0.2, -0.15) is 10.1 Å². The molecule has 2 aromatic rings. The molecule has 0 saturated heterocycles. The van der Waals surface area contributed by atoms with Crippen molar-refractivity contribution < 1.29 is 0 Å². The van der Waals surface area contributed by atoms with Crippen LogP contribution in [0.4, 0.5) is 11.8 Å². The van der Waals surface area contributed by atoms with Crippen LogP contribution in [0.15, 0.2) is 6.20 Å². The Morgan fingerprint density at radius 1 is 1.38 bits per heavy atom. The van der Waals surface area contributed by atoms with Gasteiger partial charge in [0.15, 0.2) is 11.3 Å². The van der Waals surface area contributed by atoms with E-state index in [1.807, 2.05) is 10.9 Å². The normalized spacial score (nSPS) is 20.9. The molecular formula is C14H23N7. The number of hydrogen-bond acceptors (Lipinski definition) is 6. The van der Waals surface area contributed by atoms with Gasteiger partial charge in [0.25, 0.3) is 0 Å². The maximum atomic E-state index is 5.78. The van der Waals surface area contributed by atoms with Gasteiger partial charge >= 0.3 is 0 Å². The number of nitrogens with two attached hydrogens (primary N) is 2. The van der Waals surface area contributed by atoms with Gasteiger partial charge in [-0.05, 0) is 31.2 Å². The van der Waals surface area contributed by atoms with Gasteiger partial charge in [-0.3, -0.25) is 4.68 Å². The lowest BCUT2D eigenvalue weighted by Gasteiger charge is -2.05. The minimum atomic E-state index is 0.285. The summed E-state index contributed by atoms with van der Waals surface area (Å²) in [5.41, 5.74) is 13.1. The summed E-state index contributed by atoms with van der Waals surface area (Å²) in [5, 5.41) is 7.92. The molecule has 1 aliphatic rings. The Morgan fingerprint density at radius 3 is 2.95 bits per heavy atom. The first kappa shape index (κ1) is 14.1. The number of fused-ring (bicyclic) bond motifs is 1. The first-order valence-corrected chi connectivity index (χ1v) is 7.66. The van der Waals surface area contributed by atoms with Crippen molar-refractivity contribution >= 4 is 22.8 Å². The standard InChI is InChI=1S/C14H23N7/c1-2-3-4-17-13-12-11(18-14(16)19-13)8-21(20-12)7-10-5-9(10)6-15/h8-10H,2-7,15H2,1H3,(H3,16,17,18,19)/t9-,10-/m1/s1. The predicted molar refractivity (Wildman–Crippen MR) is 83.8 cm³/mol. The third-order valence-electron chi connectivity index (χ3n) is 4.04. The Labute approximate surface area is 124 Å². The zero-order chi connectivity index (χ0) is 14.8. The summed E-state index contributed by atoms with van der Waals surface area (Å²) in [7, 11) is 0. The van der Waals surface area contributed by atoms with Gasteiger partial charge in [-0.1, -0.05) is 13.3 Å². The van der Waals surface area contributed by atoms with E-state index in [1.54, 1.807) is 0 Å². The number of rotatable bonds is 7. The summed E-state index contributed by atoms with van der Waals surface area (Å²) in [6.07, 6.45) is 5.37. The lowest BCUT2D eigenvalue weighted by atomic mass is 10.3. The average molecular weight is 289 g/mol. The van der Waals surface area contributed by atoms with Gasteiger partial charge in [-0.15, -0.1) is 0 Å². The van der Waals surface area contributed by atoms with Crippen molar-refractivity contribution in [3.8, 4) is 0 Å². The summed E-state index contributed by atoms with van der Waals surface area (Å²) in [4.78, 5) is 8.54. The molecule has 0 radical (unpaired) electrons. The average Bonchev–Trinajstić information content (AvgIpc) is 3.08. The van der Waals surface area contributed by atoms with Gasteiger partial charge < -0.3 is 16.8 Å². The second-order valence-corrected chi connectivity index (χ2v) is 5.79. The second kappa shape index (κ2) is 5.85. The van der Waals surface area contributed by atoms with Crippen LogP contribution in [-0.2, 0) is 6.54 Å². The van der Waals surface area contributed by atoms with Crippen molar-refractivity contribution in [2.75, 3.05) is 24.1 Å². The SMILES string of the molecule is CCCCNc1nc(N)nc2cn(C[C@H]3C[C@@H]3CN)nc12. The molecule has 21 heavy (non-hydrogen) atoms. The molecule has 0 aliphatic heterocycles. The molecule has 5 N–H and O–H groups in total. The van der Waals surface area contributed by atoms with Gasteiger partial charge in [-0.25, -0.2) is 4.98 Å². The molecule has 114 valence electrons. The lowest BCUT2D eigenvalue weighted by molar-refractivity contribution is 0.536. The quantitative estimate of drug-likeness (QED) is 0.661. The lowest BCUT2D eigenvalue weighted by Crippen LogP contribution is -2.08. The topological polar surface area (TPSA) is 108 Å². The molecule has 1 aliphatic carbocycles. The molecule has 7 heteroatoms. The predicted octanol–water partition coefficient (Wildman–Crippen LogP) is 1.22. The number of nitrogens with zero attached hydrogens (tertiary/aromatic N) is 4. The van der Waals surface area contributed by atoms with Crippen LogP contribution in [-0.4, -0.2) is 32.8 Å². The minimum absolute atomic E-state index is 0.285. The number of anilines is 2. The number of nitrogen functional groups attached to an aromatic ring is 1. The number of aromatic nitrogens is 4. The maximum absolute atomic E-state index is 5.78. The first-order valence-electron chi connectivity index (χ1n) is 7.66. The van der Waals surface area contributed by atoms with Crippen molar-refractivity contribution in [2.24, 2.45) is 17.6 Å². The fourth-order valence-electron chi connectivity index (χ4n) is 2.64. The monoisotopic (exact) mass is 289 g/mol. The Bertz CT molecular complexity index is 621. The summed E-state index contributed by atoms with van der Waals surface area (Å²) in [5.74, 6) is 2.31. The van der Waals surface area contributed by atoms with Crippen LogP contribution < -0.4 is 16.8 Å². The van der Waals surface area contributed by atoms with Crippen LogP contribution in [0.2, 0.25) is 0 Å². The highest BCUT2D eigenvalue weighted by Gasteiger charge is 2.36. The zero-order valence-corrected chi connectivity index (χ0v) is 12.4. The van der Waals surface area contributed by atoms with Gasteiger partial charge in [0.05, 0.1) is 6.20 Å². The third-order valence-corrected chi connectivity index (χ3v) is 4.04. The maximum Gasteiger partial charge on any atom is 0.222 e. The van der Waals surface area contributed by atoms with E-state index in [0.29, 0.717) is 11.8 Å². The summed E-state index contributed by atoms with van der Waals surface area (Å²) in [6, 6.07) is 0. The highest BCUT2D eigenvalue weighted by atomic mass is 15.3. The molecule has 0 bridgehead atoms. The Balaban J connectivity index is 1.80. The fraction of sp³-hybridized carbons (Fsp3) is 0.643. The van der Waals surface area contributed by atoms with Crippen LogP contribution in [0.5, 0.6) is 0 Å². The number of nitrogens with one attached hydrogen (secondary N) is 1. The van der Waals surface area contributed by atoms with Crippen molar-refractivity contribution in [3.63, 3.8) is 0 Å². The summed E-state index contributed by atoms with van der Waals surface area (Å²) in [6.45, 7) is 4.69. The van der Waals surface area contributed by atoms with E-state index < -0.39 is 0 Å². The van der Waals surface area contributed by atoms with Crippen LogP contribution in [0.1, 0.15) is 26.2 Å². The third kappa shape index (κ3) is 3.07. The second-order valence-electron chi connectivity index (χ2n) is 5.79. The fourth-order valence-corrected chi connectivity index (χ4v) is 2.64. The highest BCUT2D eigenvalue weighted by molar-refractivity contribution is 5.85. The van der Waals surface area contributed by atoms with Crippen molar-refractivity contribution in [2.45, 2.75) is 32.7 Å². The van der Waals surface area contributed by atoms with Crippen molar-refractivity contribution in [3.05, 3.63) is 6.20 Å². The van der Waals surface area contributed by atoms with E-state index in [4.69, 9.17) is 11.5 Å². The van der Waals surface area contributed by atoms with Crippen molar-refractivity contribution in [1.29, 1.82) is 0 Å². The molecule has 7 nitrogen and oxygen atoms in total. The van der Waals surface area contributed by atoms with E-state index in [-0.39, 0.29) is 5.95 Å². The molecule has 0 unspecified atom stereocenters. The molecule has 1 fully saturated rings. The molecule has 2 heterocycles. The largest absolute Gasteiger partial charge is 0.368 e. The zero-order valence-electron chi connectivity index (χ0n) is 12.4. The van der Waals surface area contributed by atoms with Crippen LogP contribution >= 0.6 is 0 Å². The van der Waals surface area contributed by atoms with E-state index in [1.165, 1.54) is 6.42 Å². The van der Waals surface area contributed by atoms with E-state index in [9.17, 15) is 0 Å². The number of unbranched alkanes of at least 4 members (excludes halogenated alkanes) is 1. The minimum Gasteiger partial charge on any atom is -0.368 e. The van der Waals surface area contributed by atoms with E-state index in [2.05, 4.69) is 27.3 Å². The molecule has 0 amide bonds. The van der Waals surface area contributed by atoms with Crippen LogP contribution in [0, 0.1) is 11.8 Å². The molecule has 0 spiro atoms. The van der Waals surface area contributed by atoms with E-state index in [0.717, 1.165) is 49.3 Å². The van der Waals surface area contributed by atoms with E-state index >= 15 is 0 Å². The Hall–Kier alpha value is -1.89. The van der Waals surface area contributed by atoms with Gasteiger partial charge in [0.1, 0.15) is 5.52 Å². The van der Waals surface area contributed by atoms with Crippen molar-refractivity contribution in [1.82, 2.24) is 19.7 Å². The molecule has 2 atom stereocenters. The summed E-state index contributed by atoms with van der Waals surface area (Å²) >= 11 is 0. The summed E-state index contributed by atoms with van der Waals surface area (Å²) < 4.78 is 1.95. The molecule has 3 rings (SSSR count). The molecular weight excluding hydrogens is 266 g/mol. The number of hydrogen-bond donors (Lipinski definition) is 3.